The van der Waals surface area contributed by atoms with E-state index in [1.54, 1.807) is 11.3 Å². The minimum Gasteiger partial charge on any atom is -0.292 e. The molecule has 3 rings (SSSR count). The van der Waals surface area contributed by atoms with Crippen LogP contribution in [0.3, 0.4) is 0 Å². The van der Waals surface area contributed by atoms with Crippen molar-refractivity contribution < 1.29 is 4.79 Å². The number of rotatable bonds is 5. The molecular formula is C19H20N2O2S2. The molecule has 0 atom stereocenters. The molecule has 2 aromatic heterocycles. The summed E-state index contributed by atoms with van der Waals surface area (Å²) in [5, 5.41) is 1.19. The monoisotopic (exact) mass is 372 g/mol. The number of benzene rings is 1. The summed E-state index contributed by atoms with van der Waals surface area (Å²) in [6.07, 6.45) is 2.75. The van der Waals surface area contributed by atoms with Crippen molar-refractivity contribution in [1.82, 2.24) is 9.55 Å². The SMILES string of the molecule is CCc1cc2c(=O)n(CC(=O)c3ccc(C)c(C)c3)c(SC)nc2s1. The fourth-order valence-corrected chi connectivity index (χ4v) is 4.23. The molecule has 0 aliphatic heterocycles. The van der Waals surface area contributed by atoms with Crippen molar-refractivity contribution in [2.75, 3.05) is 6.26 Å². The van der Waals surface area contributed by atoms with Crippen LogP contribution < -0.4 is 5.56 Å². The number of aromatic nitrogens is 2. The molecule has 1 aromatic carbocycles. The van der Waals surface area contributed by atoms with E-state index in [2.05, 4.69) is 11.9 Å². The molecule has 0 spiro atoms. The third-order valence-corrected chi connectivity index (χ3v) is 6.18. The van der Waals surface area contributed by atoms with Gasteiger partial charge in [-0.2, -0.15) is 0 Å². The lowest BCUT2D eigenvalue weighted by molar-refractivity contribution is 0.0967. The van der Waals surface area contributed by atoms with Crippen LogP contribution in [0.25, 0.3) is 10.2 Å². The zero-order valence-electron chi connectivity index (χ0n) is 14.8. The lowest BCUT2D eigenvalue weighted by atomic mass is 10.0. The maximum absolute atomic E-state index is 12.9. The van der Waals surface area contributed by atoms with Crippen molar-refractivity contribution >= 4 is 39.1 Å². The molecule has 0 amide bonds. The number of carbonyl (C=O) groups is 1. The number of nitrogens with zero attached hydrogens (tertiary/aromatic N) is 2. The summed E-state index contributed by atoms with van der Waals surface area (Å²) in [5.74, 6) is -0.0763. The van der Waals surface area contributed by atoms with E-state index in [1.807, 2.05) is 44.4 Å². The van der Waals surface area contributed by atoms with Gasteiger partial charge in [-0.3, -0.25) is 14.2 Å². The first-order valence-corrected chi connectivity index (χ1v) is 10.2. The number of carbonyl (C=O) groups excluding carboxylic acids is 1. The summed E-state index contributed by atoms with van der Waals surface area (Å²) in [7, 11) is 0. The number of aryl methyl sites for hydroxylation is 3. The summed E-state index contributed by atoms with van der Waals surface area (Å²) >= 11 is 2.94. The van der Waals surface area contributed by atoms with Crippen molar-refractivity contribution in [2.45, 2.75) is 38.9 Å². The van der Waals surface area contributed by atoms with Crippen LogP contribution in [0.2, 0.25) is 0 Å². The van der Waals surface area contributed by atoms with E-state index in [-0.39, 0.29) is 17.9 Å². The van der Waals surface area contributed by atoms with Crippen LogP contribution in [0.4, 0.5) is 0 Å². The predicted octanol–water partition coefficient (Wildman–Crippen LogP) is 4.24. The van der Waals surface area contributed by atoms with Crippen LogP contribution in [-0.4, -0.2) is 21.6 Å². The number of fused-ring (bicyclic) bond motifs is 1. The summed E-state index contributed by atoms with van der Waals surface area (Å²) in [6.45, 7) is 6.07. The van der Waals surface area contributed by atoms with E-state index in [1.165, 1.54) is 16.3 Å². The van der Waals surface area contributed by atoms with Gasteiger partial charge in [0.15, 0.2) is 10.9 Å². The highest BCUT2D eigenvalue weighted by molar-refractivity contribution is 7.98. The Morgan fingerprint density at radius 1 is 1.24 bits per heavy atom. The van der Waals surface area contributed by atoms with E-state index in [9.17, 15) is 9.59 Å². The highest BCUT2D eigenvalue weighted by atomic mass is 32.2. The Kier molecular flexibility index (Phi) is 5.11. The van der Waals surface area contributed by atoms with Gasteiger partial charge in [0, 0.05) is 10.4 Å². The molecule has 0 aliphatic rings. The number of Topliss-reactive ketones (excluding diaryl/α,β-unsaturated/α-hetero) is 1. The molecule has 0 N–H and O–H groups in total. The Hall–Kier alpha value is -1.92. The molecule has 4 nitrogen and oxygen atoms in total. The van der Waals surface area contributed by atoms with Gasteiger partial charge in [-0.15, -0.1) is 11.3 Å². The lowest BCUT2D eigenvalue weighted by Crippen LogP contribution is -2.26. The van der Waals surface area contributed by atoms with Gasteiger partial charge in [0.2, 0.25) is 0 Å². The van der Waals surface area contributed by atoms with E-state index >= 15 is 0 Å². The molecule has 2 heterocycles. The fraction of sp³-hybridized carbons (Fsp3) is 0.316. The Morgan fingerprint density at radius 2 is 2.00 bits per heavy atom. The zero-order chi connectivity index (χ0) is 18.1. The molecule has 0 saturated heterocycles. The summed E-state index contributed by atoms with van der Waals surface area (Å²) in [5.41, 5.74) is 2.71. The van der Waals surface area contributed by atoms with Crippen molar-refractivity contribution in [2.24, 2.45) is 0 Å². The quantitative estimate of drug-likeness (QED) is 0.382. The molecule has 0 fully saturated rings. The maximum Gasteiger partial charge on any atom is 0.263 e. The molecule has 0 saturated carbocycles. The van der Waals surface area contributed by atoms with Gasteiger partial charge < -0.3 is 0 Å². The fourth-order valence-electron chi connectivity index (χ4n) is 2.67. The average molecular weight is 373 g/mol. The average Bonchev–Trinajstić information content (AvgIpc) is 3.03. The maximum atomic E-state index is 12.9. The summed E-state index contributed by atoms with van der Waals surface area (Å²) in [6, 6.07) is 7.54. The van der Waals surface area contributed by atoms with Gasteiger partial charge in [0.05, 0.1) is 11.9 Å². The second kappa shape index (κ2) is 7.14. The molecular weight excluding hydrogens is 352 g/mol. The second-order valence-corrected chi connectivity index (χ2v) is 7.89. The van der Waals surface area contributed by atoms with Crippen LogP contribution in [0.15, 0.2) is 34.2 Å². The number of hydrogen-bond acceptors (Lipinski definition) is 5. The smallest absolute Gasteiger partial charge is 0.263 e. The molecule has 25 heavy (non-hydrogen) atoms. The minimum absolute atomic E-state index is 0.0117. The lowest BCUT2D eigenvalue weighted by Gasteiger charge is -2.10. The van der Waals surface area contributed by atoms with Crippen molar-refractivity contribution in [3.8, 4) is 0 Å². The first-order chi connectivity index (χ1) is 11.9. The van der Waals surface area contributed by atoms with Crippen LogP contribution in [0.1, 0.15) is 33.3 Å². The first-order valence-electron chi connectivity index (χ1n) is 8.12. The van der Waals surface area contributed by atoms with Gasteiger partial charge >= 0.3 is 0 Å². The third-order valence-electron chi connectivity index (χ3n) is 4.33. The number of hydrogen-bond donors (Lipinski definition) is 0. The Morgan fingerprint density at radius 3 is 2.64 bits per heavy atom. The van der Waals surface area contributed by atoms with E-state index < -0.39 is 0 Å². The predicted molar refractivity (Wildman–Crippen MR) is 105 cm³/mol. The summed E-state index contributed by atoms with van der Waals surface area (Å²) in [4.78, 5) is 32.1. The largest absolute Gasteiger partial charge is 0.292 e. The van der Waals surface area contributed by atoms with Gasteiger partial charge in [0.1, 0.15) is 4.83 Å². The molecule has 6 heteroatoms. The molecule has 3 aromatic rings. The minimum atomic E-state index is -0.137. The van der Waals surface area contributed by atoms with E-state index in [4.69, 9.17) is 0 Å². The van der Waals surface area contributed by atoms with Crippen LogP contribution in [0.5, 0.6) is 0 Å². The van der Waals surface area contributed by atoms with Crippen LogP contribution in [0, 0.1) is 13.8 Å². The Labute approximate surface area is 154 Å². The number of ketones is 1. The van der Waals surface area contributed by atoms with Crippen molar-refractivity contribution in [3.63, 3.8) is 0 Å². The molecule has 130 valence electrons. The first kappa shape index (κ1) is 17.9. The highest BCUT2D eigenvalue weighted by Gasteiger charge is 2.17. The number of thioether (sulfide) groups is 1. The van der Waals surface area contributed by atoms with Gasteiger partial charge in [0.25, 0.3) is 5.56 Å². The topological polar surface area (TPSA) is 52.0 Å². The number of thiophene rings is 1. The standard InChI is InChI=1S/C19H20N2O2S2/c1-5-14-9-15-17(25-14)20-19(24-4)21(18(15)23)10-16(22)13-7-6-11(2)12(3)8-13/h6-9H,5,10H2,1-4H3. The van der Waals surface area contributed by atoms with E-state index in [0.717, 1.165) is 27.3 Å². The molecule has 0 unspecified atom stereocenters. The van der Waals surface area contributed by atoms with Crippen molar-refractivity contribution in [3.05, 3.63) is 56.2 Å². The van der Waals surface area contributed by atoms with Crippen molar-refractivity contribution in [1.29, 1.82) is 0 Å². The van der Waals surface area contributed by atoms with Gasteiger partial charge in [-0.25, -0.2) is 4.98 Å². The van der Waals surface area contributed by atoms with Gasteiger partial charge in [-0.1, -0.05) is 30.8 Å². The second-order valence-electron chi connectivity index (χ2n) is 6.00. The normalized spacial score (nSPS) is 11.2. The Balaban J connectivity index is 2.05. The van der Waals surface area contributed by atoms with E-state index in [0.29, 0.717) is 16.1 Å². The van der Waals surface area contributed by atoms with Crippen LogP contribution >= 0.6 is 23.1 Å². The molecule has 0 bridgehead atoms. The highest BCUT2D eigenvalue weighted by Crippen LogP contribution is 2.24. The molecule has 0 aliphatic carbocycles. The third kappa shape index (κ3) is 3.41. The van der Waals surface area contributed by atoms with Crippen LogP contribution in [-0.2, 0) is 13.0 Å². The van der Waals surface area contributed by atoms with Gasteiger partial charge in [-0.05, 0) is 49.8 Å². The zero-order valence-corrected chi connectivity index (χ0v) is 16.4. The summed E-state index contributed by atoms with van der Waals surface area (Å²) < 4.78 is 1.50. The molecule has 0 radical (unpaired) electrons. The Bertz CT molecular complexity index is 1020.